The zero-order valence-corrected chi connectivity index (χ0v) is 11.3. The van der Waals surface area contributed by atoms with Crippen LogP contribution in [0.5, 0.6) is 0 Å². The van der Waals surface area contributed by atoms with Crippen LogP contribution in [0.4, 0.5) is 0 Å². The number of hydrogen-bond acceptors (Lipinski definition) is 3. The maximum atomic E-state index is 9.56. The van der Waals surface area contributed by atoms with E-state index in [1.54, 1.807) is 0 Å². The Labute approximate surface area is 104 Å². The summed E-state index contributed by atoms with van der Waals surface area (Å²) in [5, 5.41) is 14.1. The fourth-order valence-corrected chi connectivity index (χ4v) is 2.02. The molecular weight excluding hydrogens is 214 g/mol. The van der Waals surface area contributed by atoms with Crippen LogP contribution in [0, 0.1) is 5.92 Å². The highest BCUT2D eigenvalue weighted by Crippen LogP contribution is 2.19. The zero-order chi connectivity index (χ0) is 13.0. The van der Waals surface area contributed by atoms with Crippen LogP contribution < -0.4 is 5.73 Å². The maximum absolute atomic E-state index is 9.56. The molecule has 0 aliphatic rings. The zero-order valence-electron chi connectivity index (χ0n) is 11.3. The Morgan fingerprint density at radius 1 is 1.35 bits per heavy atom. The first-order chi connectivity index (χ1) is 8.04. The summed E-state index contributed by atoms with van der Waals surface area (Å²) in [5.74, 6) is 0.325. The minimum Gasteiger partial charge on any atom is -0.394 e. The van der Waals surface area contributed by atoms with Gasteiger partial charge in [-0.1, -0.05) is 27.7 Å². The summed E-state index contributed by atoms with van der Waals surface area (Å²) >= 11 is 0. The second-order valence-corrected chi connectivity index (χ2v) is 4.85. The Bertz CT molecular complexity index is 346. The summed E-state index contributed by atoms with van der Waals surface area (Å²) in [4.78, 5) is 0. The molecule has 0 amide bonds. The van der Waals surface area contributed by atoms with Crippen molar-refractivity contribution in [2.24, 2.45) is 11.7 Å². The fraction of sp³-hybridized carbons (Fsp3) is 0.769. The Balaban J connectivity index is 3.05. The van der Waals surface area contributed by atoms with Gasteiger partial charge in [0.05, 0.1) is 18.3 Å². The number of nitrogens with zero attached hydrogens (tertiary/aromatic N) is 2. The molecule has 4 heteroatoms. The van der Waals surface area contributed by atoms with Gasteiger partial charge in [-0.2, -0.15) is 5.10 Å². The molecule has 1 aromatic heterocycles. The van der Waals surface area contributed by atoms with Crippen LogP contribution in [0.15, 0.2) is 6.07 Å². The van der Waals surface area contributed by atoms with Crippen LogP contribution in [0.25, 0.3) is 0 Å². The molecule has 1 heterocycles. The lowest BCUT2D eigenvalue weighted by Gasteiger charge is -2.26. The van der Waals surface area contributed by atoms with Crippen LogP contribution in [0.1, 0.15) is 45.1 Å². The molecule has 0 radical (unpaired) electrons. The summed E-state index contributed by atoms with van der Waals surface area (Å²) in [6.45, 7) is 8.37. The smallest absolute Gasteiger partial charge is 0.0905 e. The molecule has 0 aliphatic carbocycles. The molecule has 98 valence electrons. The van der Waals surface area contributed by atoms with Crippen molar-refractivity contribution in [3.63, 3.8) is 0 Å². The maximum Gasteiger partial charge on any atom is 0.0905 e. The topological polar surface area (TPSA) is 64.1 Å². The molecule has 4 nitrogen and oxygen atoms in total. The van der Waals surface area contributed by atoms with Gasteiger partial charge in [-0.25, -0.2) is 0 Å². The van der Waals surface area contributed by atoms with Crippen molar-refractivity contribution in [1.29, 1.82) is 0 Å². The van der Waals surface area contributed by atoms with Gasteiger partial charge in [0, 0.05) is 11.7 Å². The van der Waals surface area contributed by atoms with Gasteiger partial charge in [-0.15, -0.1) is 0 Å². The van der Waals surface area contributed by atoms with E-state index < -0.39 is 0 Å². The normalized spacial score (nSPS) is 15.2. The van der Waals surface area contributed by atoms with E-state index in [4.69, 9.17) is 5.73 Å². The summed E-state index contributed by atoms with van der Waals surface area (Å²) in [5.41, 5.74) is 8.37. The van der Waals surface area contributed by atoms with E-state index in [2.05, 4.69) is 38.9 Å². The summed E-state index contributed by atoms with van der Waals surface area (Å²) in [7, 11) is 0. The highest BCUT2D eigenvalue weighted by Gasteiger charge is 2.24. The van der Waals surface area contributed by atoms with Crippen molar-refractivity contribution in [2.75, 3.05) is 6.61 Å². The first-order valence-corrected chi connectivity index (χ1v) is 6.48. The van der Waals surface area contributed by atoms with Crippen LogP contribution in [-0.2, 0) is 12.8 Å². The SMILES string of the molecule is CCc1cc(CC)n(C(CO)C(N)C(C)C)n1. The molecule has 1 rings (SSSR count). The first kappa shape index (κ1) is 14.2. The third-order valence-corrected chi connectivity index (χ3v) is 3.30. The Morgan fingerprint density at radius 2 is 2.00 bits per heavy atom. The average molecular weight is 239 g/mol. The molecule has 0 spiro atoms. The van der Waals surface area contributed by atoms with Crippen molar-refractivity contribution in [3.8, 4) is 0 Å². The minimum absolute atomic E-state index is 0.0389. The van der Waals surface area contributed by atoms with E-state index in [0.717, 1.165) is 24.2 Å². The van der Waals surface area contributed by atoms with Crippen molar-refractivity contribution in [3.05, 3.63) is 17.5 Å². The average Bonchev–Trinajstić information content (AvgIpc) is 2.73. The predicted molar refractivity (Wildman–Crippen MR) is 69.9 cm³/mol. The highest BCUT2D eigenvalue weighted by atomic mass is 16.3. The quantitative estimate of drug-likeness (QED) is 0.791. The summed E-state index contributed by atoms with van der Waals surface area (Å²) in [6, 6.07) is 1.91. The summed E-state index contributed by atoms with van der Waals surface area (Å²) in [6.07, 6.45) is 1.82. The van der Waals surface area contributed by atoms with E-state index in [-0.39, 0.29) is 18.7 Å². The van der Waals surface area contributed by atoms with Gasteiger partial charge in [-0.05, 0) is 24.8 Å². The number of hydrogen-bond donors (Lipinski definition) is 2. The molecule has 0 saturated heterocycles. The number of aryl methyl sites for hydroxylation is 2. The molecule has 0 aromatic carbocycles. The van der Waals surface area contributed by atoms with Gasteiger partial charge < -0.3 is 10.8 Å². The number of aliphatic hydroxyl groups excluding tert-OH is 1. The Kier molecular flexibility index (Phi) is 5.15. The monoisotopic (exact) mass is 239 g/mol. The lowest BCUT2D eigenvalue weighted by Crippen LogP contribution is -2.39. The van der Waals surface area contributed by atoms with Gasteiger partial charge in [0.2, 0.25) is 0 Å². The standard InChI is InChI=1S/C13H25N3O/c1-5-10-7-11(6-2)16(15-10)12(8-17)13(14)9(3)4/h7,9,12-13,17H,5-6,8,14H2,1-4H3. The van der Waals surface area contributed by atoms with Gasteiger partial charge >= 0.3 is 0 Å². The first-order valence-electron chi connectivity index (χ1n) is 6.48. The molecule has 1 aromatic rings. The highest BCUT2D eigenvalue weighted by molar-refractivity contribution is 5.12. The fourth-order valence-electron chi connectivity index (χ4n) is 2.02. The van der Waals surface area contributed by atoms with Crippen LogP contribution >= 0.6 is 0 Å². The number of rotatable bonds is 6. The van der Waals surface area contributed by atoms with Gasteiger partial charge in [0.1, 0.15) is 0 Å². The van der Waals surface area contributed by atoms with Crippen molar-refractivity contribution in [2.45, 2.75) is 52.6 Å². The molecule has 0 aliphatic heterocycles. The molecule has 0 bridgehead atoms. The van der Waals surface area contributed by atoms with Crippen molar-refractivity contribution >= 4 is 0 Å². The van der Waals surface area contributed by atoms with Crippen LogP contribution in [0.3, 0.4) is 0 Å². The number of nitrogens with two attached hydrogens (primary N) is 1. The van der Waals surface area contributed by atoms with E-state index in [9.17, 15) is 5.11 Å². The lowest BCUT2D eigenvalue weighted by molar-refractivity contribution is 0.176. The molecule has 0 saturated carbocycles. The molecule has 3 N–H and O–H groups in total. The van der Waals surface area contributed by atoms with Gasteiger partial charge in [0.25, 0.3) is 0 Å². The Hall–Kier alpha value is -0.870. The van der Waals surface area contributed by atoms with Gasteiger partial charge in [-0.3, -0.25) is 4.68 Å². The minimum atomic E-state index is -0.120. The largest absolute Gasteiger partial charge is 0.394 e. The van der Waals surface area contributed by atoms with Crippen LogP contribution in [-0.4, -0.2) is 27.5 Å². The second kappa shape index (κ2) is 6.17. The molecule has 2 unspecified atom stereocenters. The summed E-state index contributed by atoms with van der Waals surface area (Å²) < 4.78 is 1.92. The van der Waals surface area contributed by atoms with Crippen LogP contribution in [0.2, 0.25) is 0 Å². The van der Waals surface area contributed by atoms with E-state index in [0.29, 0.717) is 5.92 Å². The third kappa shape index (κ3) is 3.07. The lowest BCUT2D eigenvalue weighted by atomic mass is 9.98. The molecular formula is C13H25N3O. The van der Waals surface area contributed by atoms with Gasteiger partial charge in [0.15, 0.2) is 0 Å². The molecule has 17 heavy (non-hydrogen) atoms. The van der Waals surface area contributed by atoms with E-state index in [1.807, 2.05) is 4.68 Å². The van der Waals surface area contributed by atoms with Crippen molar-refractivity contribution in [1.82, 2.24) is 9.78 Å². The van der Waals surface area contributed by atoms with E-state index >= 15 is 0 Å². The predicted octanol–water partition coefficient (Wildman–Crippen LogP) is 1.52. The second-order valence-electron chi connectivity index (χ2n) is 4.85. The number of aliphatic hydroxyl groups is 1. The number of aromatic nitrogens is 2. The third-order valence-electron chi connectivity index (χ3n) is 3.30. The molecule has 0 fully saturated rings. The van der Waals surface area contributed by atoms with E-state index in [1.165, 1.54) is 0 Å². The van der Waals surface area contributed by atoms with Crippen molar-refractivity contribution < 1.29 is 5.11 Å². The molecule has 2 atom stereocenters. The Morgan fingerprint density at radius 3 is 2.41 bits per heavy atom.